The van der Waals surface area contributed by atoms with Crippen molar-refractivity contribution in [2.75, 3.05) is 6.54 Å². The summed E-state index contributed by atoms with van der Waals surface area (Å²) in [5, 5.41) is 17.2. The predicted molar refractivity (Wildman–Crippen MR) is 104 cm³/mol. The lowest BCUT2D eigenvalue weighted by Crippen LogP contribution is -2.37. The van der Waals surface area contributed by atoms with Gasteiger partial charge in [0.15, 0.2) is 0 Å². The molecule has 27 heavy (non-hydrogen) atoms. The Morgan fingerprint density at radius 2 is 1.96 bits per heavy atom. The van der Waals surface area contributed by atoms with Crippen LogP contribution in [0.4, 0.5) is 4.39 Å². The van der Waals surface area contributed by atoms with Crippen LogP contribution < -0.4 is 0 Å². The number of thiophene rings is 2. The molecule has 136 valence electrons. The van der Waals surface area contributed by atoms with Gasteiger partial charge in [-0.1, -0.05) is 6.07 Å². The topological polar surface area (TPSA) is 46.8 Å². The largest absolute Gasteiger partial charge is 0.270 e. The maximum atomic E-state index is 13.1. The van der Waals surface area contributed by atoms with Gasteiger partial charge in [0.1, 0.15) is 12.5 Å². The molecule has 1 aromatic carbocycles. The molecule has 1 aliphatic rings. The number of aromatic nitrogens is 4. The second-order valence-corrected chi connectivity index (χ2v) is 8.39. The highest BCUT2D eigenvalue weighted by atomic mass is 32.1. The molecule has 1 aliphatic heterocycles. The monoisotopic (exact) mass is 397 g/mol. The van der Waals surface area contributed by atoms with Gasteiger partial charge < -0.3 is 0 Å². The molecule has 0 spiro atoms. The summed E-state index contributed by atoms with van der Waals surface area (Å²) >= 11 is 3.61. The van der Waals surface area contributed by atoms with E-state index in [9.17, 15) is 4.39 Å². The first-order valence-electron chi connectivity index (χ1n) is 8.65. The summed E-state index contributed by atoms with van der Waals surface area (Å²) in [5.41, 5.74) is 2.14. The Labute approximate surface area is 163 Å². The zero-order valence-electron chi connectivity index (χ0n) is 14.3. The fraction of sp³-hybridized carbons (Fsp3) is 0.211. The Morgan fingerprint density at radius 1 is 1.07 bits per heavy atom. The molecule has 0 saturated heterocycles. The first-order valence-corrected chi connectivity index (χ1v) is 10.4. The van der Waals surface area contributed by atoms with E-state index in [4.69, 9.17) is 0 Å². The lowest BCUT2D eigenvalue weighted by molar-refractivity contribution is 0.148. The average Bonchev–Trinajstić information content (AvgIpc) is 3.44. The van der Waals surface area contributed by atoms with Gasteiger partial charge in [-0.3, -0.25) is 4.90 Å². The fourth-order valence-electron chi connectivity index (χ4n) is 3.48. The van der Waals surface area contributed by atoms with Crippen molar-refractivity contribution in [3.05, 3.63) is 74.4 Å². The lowest BCUT2D eigenvalue weighted by Gasteiger charge is -2.34. The van der Waals surface area contributed by atoms with Crippen molar-refractivity contribution >= 4 is 22.7 Å². The highest BCUT2D eigenvalue weighted by Crippen LogP contribution is 2.39. The second kappa shape index (κ2) is 6.95. The smallest absolute Gasteiger partial charge is 0.204 e. The van der Waals surface area contributed by atoms with E-state index in [-0.39, 0.29) is 11.9 Å². The van der Waals surface area contributed by atoms with Gasteiger partial charge in [0.25, 0.3) is 0 Å². The number of nitrogens with zero attached hydrogens (tertiary/aromatic N) is 5. The van der Waals surface area contributed by atoms with E-state index in [1.165, 1.54) is 27.5 Å². The van der Waals surface area contributed by atoms with Gasteiger partial charge in [-0.25, -0.2) is 4.39 Å². The second-order valence-electron chi connectivity index (χ2n) is 6.41. The number of rotatable bonds is 4. The van der Waals surface area contributed by atoms with Crippen LogP contribution in [-0.2, 0) is 13.1 Å². The number of halogens is 1. The third kappa shape index (κ3) is 3.20. The quantitative estimate of drug-likeness (QED) is 0.518. The van der Waals surface area contributed by atoms with Crippen LogP contribution in [0.2, 0.25) is 0 Å². The summed E-state index contributed by atoms with van der Waals surface area (Å²) in [6.07, 6.45) is 1.04. The normalized spacial score (nSPS) is 17.1. The van der Waals surface area contributed by atoms with E-state index in [0.29, 0.717) is 12.5 Å². The maximum absolute atomic E-state index is 13.1. The van der Waals surface area contributed by atoms with Gasteiger partial charge in [0, 0.05) is 21.9 Å². The molecule has 0 radical (unpaired) electrons. The Balaban J connectivity index is 1.42. The summed E-state index contributed by atoms with van der Waals surface area (Å²) in [6.45, 7) is 1.51. The van der Waals surface area contributed by atoms with Crippen LogP contribution in [0, 0.1) is 5.82 Å². The molecular weight excluding hydrogens is 381 g/mol. The van der Waals surface area contributed by atoms with Crippen LogP contribution in [0.5, 0.6) is 0 Å². The molecule has 3 aromatic heterocycles. The third-order valence-electron chi connectivity index (χ3n) is 4.74. The van der Waals surface area contributed by atoms with Crippen molar-refractivity contribution in [3.63, 3.8) is 0 Å². The average molecular weight is 398 g/mol. The number of hydrogen-bond acceptors (Lipinski definition) is 6. The lowest BCUT2D eigenvalue weighted by atomic mass is 9.99. The molecular formula is C19H16FN5S2. The Hall–Kier alpha value is -2.42. The Bertz CT molecular complexity index is 1040. The summed E-state index contributed by atoms with van der Waals surface area (Å²) in [7, 11) is 0. The van der Waals surface area contributed by atoms with Crippen molar-refractivity contribution in [1.82, 2.24) is 25.1 Å². The van der Waals surface area contributed by atoms with E-state index in [2.05, 4.69) is 49.3 Å². The molecule has 5 nitrogen and oxygen atoms in total. The summed E-state index contributed by atoms with van der Waals surface area (Å²) in [4.78, 5) is 6.80. The molecule has 1 atom stereocenters. The van der Waals surface area contributed by atoms with Gasteiger partial charge in [0.2, 0.25) is 5.82 Å². The van der Waals surface area contributed by atoms with Crippen LogP contribution in [0.1, 0.15) is 21.4 Å². The molecule has 1 unspecified atom stereocenters. The zero-order valence-corrected chi connectivity index (χ0v) is 16.0. The number of hydrogen-bond donors (Lipinski definition) is 0. The van der Waals surface area contributed by atoms with Crippen molar-refractivity contribution in [3.8, 4) is 11.4 Å². The molecule has 0 bridgehead atoms. The van der Waals surface area contributed by atoms with Gasteiger partial charge in [-0.15, -0.1) is 37.7 Å². The minimum atomic E-state index is -0.273. The SMILES string of the molecule is Fc1ccc(-c2nnn(CN3CCc4sccc4C3c3cccs3)n2)cc1. The maximum Gasteiger partial charge on any atom is 0.204 e. The molecule has 5 rings (SSSR count). The molecule has 4 aromatic rings. The van der Waals surface area contributed by atoms with E-state index in [1.807, 2.05) is 11.3 Å². The highest BCUT2D eigenvalue weighted by Gasteiger charge is 2.30. The van der Waals surface area contributed by atoms with Crippen molar-refractivity contribution in [2.24, 2.45) is 0 Å². The molecule has 0 N–H and O–H groups in total. The number of tetrazole rings is 1. The van der Waals surface area contributed by atoms with Gasteiger partial charge in [0.05, 0.1) is 6.04 Å². The molecule has 0 fully saturated rings. The number of benzene rings is 1. The molecule has 0 saturated carbocycles. The van der Waals surface area contributed by atoms with Gasteiger partial charge in [-0.05, 0) is 64.4 Å². The standard InChI is InChI=1S/C19H16FN5S2/c20-14-5-3-13(4-6-14)19-21-23-25(22-19)12-24-9-7-16-15(8-11-27-16)18(24)17-2-1-10-26-17/h1-6,8,10-11,18H,7,9,12H2. The van der Waals surface area contributed by atoms with Crippen molar-refractivity contribution in [1.29, 1.82) is 0 Å². The molecule has 0 aliphatic carbocycles. The van der Waals surface area contributed by atoms with E-state index in [1.54, 1.807) is 28.3 Å². The molecule has 0 amide bonds. The first kappa shape index (κ1) is 16.7. The molecule has 4 heterocycles. The van der Waals surface area contributed by atoms with Crippen LogP contribution in [0.15, 0.2) is 53.2 Å². The Morgan fingerprint density at radius 3 is 2.78 bits per heavy atom. The van der Waals surface area contributed by atoms with Crippen molar-refractivity contribution < 1.29 is 4.39 Å². The summed E-state index contributed by atoms with van der Waals surface area (Å²) in [5.74, 6) is 0.237. The van der Waals surface area contributed by atoms with Gasteiger partial charge >= 0.3 is 0 Å². The number of fused-ring (bicyclic) bond motifs is 1. The van der Waals surface area contributed by atoms with Crippen molar-refractivity contribution in [2.45, 2.75) is 19.1 Å². The van der Waals surface area contributed by atoms with Crippen LogP contribution in [0.25, 0.3) is 11.4 Å². The minimum absolute atomic E-state index is 0.222. The first-order chi connectivity index (χ1) is 13.3. The third-order valence-corrected chi connectivity index (χ3v) is 6.66. The van der Waals surface area contributed by atoms with Crippen LogP contribution >= 0.6 is 22.7 Å². The minimum Gasteiger partial charge on any atom is -0.270 e. The predicted octanol–water partition coefficient (Wildman–Crippen LogP) is 4.21. The van der Waals surface area contributed by atoms with Gasteiger partial charge in [-0.2, -0.15) is 0 Å². The fourth-order valence-corrected chi connectivity index (χ4v) is 5.26. The van der Waals surface area contributed by atoms with Crippen LogP contribution in [0.3, 0.4) is 0 Å². The Kier molecular flexibility index (Phi) is 4.31. The van der Waals surface area contributed by atoms with E-state index in [0.717, 1.165) is 18.5 Å². The molecule has 8 heteroatoms. The summed E-state index contributed by atoms with van der Waals surface area (Å²) < 4.78 is 13.1. The highest BCUT2D eigenvalue weighted by molar-refractivity contribution is 7.10. The van der Waals surface area contributed by atoms with E-state index < -0.39 is 0 Å². The summed E-state index contributed by atoms with van der Waals surface area (Å²) in [6, 6.07) is 12.9. The van der Waals surface area contributed by atoms with Crippen LogP contribution in [-0.4, -0.2) is 31.7 Å². The van der Waals surface area contributed by atoms with E-state index >= 15 is 0 Å². The zero-order chi connectivity index (χ0) is 18.2.